The van der Waals surface area contributed by atoms with E-state index in [4.69, 9.17) is 5.11 Å². The van der Waals surface area contributed by atoms with Gasteiger partial charge in [-0.15, -0.1) is 0 Å². The minimum atomic E-state index is -0.821. The number of hydrogen-bond donors (Lipinski definition) is 2. The molecule has 0 amide bonds. The first-order valence-electron chi connectivity index (χ1n) is 6.95. The summed E-state index contributed by atoms with van der Waals surface area (Å²) in [7, 11) is 0. The number of carboxylic acid groups (broad SMARTS) is 1. The van der Waals surface area contributed by atoms with Crippen LogP contribution in [-0.2, 0) is 4.79 Å². The number of phenols is 1. The summed E-state index contributed by atoms with van der Waals surface area (Å²) in [4.78, 5) is 13.1. The summed E-state index contributed by atoms with van der Waals surface area (Å²) in [6.07, 6.45) is 3.12. The maximum absolute atomic E-state index is 11.1. The number of phenolic OH excluding ortho intramolecular Hbond substituents is 1. The highest BCUT2D eigenvalue weighted by Crippen LogP contribution is 2.37. The normalized spacial score (nSPS) is 16.4. The van der Waals surface area contributed by atoms with Crippen molar-refractivity contribution in [2.45, 2.75) is 32.2 Å². The van der Waals surface area contributed by atoms with Gasteiger partial charge in [0.1, 0.15) is 5.75 Å². The average molecular weight is 342 g/mol. The van der Waals surface area contributed by atoms with Crippen LogP contribution in [0.1, 0.15) is 37.8 Å². The molecule has 2 N–H and O–H groups in total. The molecule has 1 aromatic carbocycles. The van der Waals surface area contributed by atoms with Crippen LogP contribution in [0.2, 0.25) is 0 Å². The molecule has 0 spiro atoms. The van der Waals surface area contributed by atoms with Crippen molar-refractivity contribution in [2.24, 2.45) is 5.92 Å². The predicted octanol–water partition coefficient (Wildman–Crippen LogP) is 3.40. The maximum Gasteiger partial charge on any atom is 0.317 e. The molecular formula is C15H20BrNO3. The minimum absolute atomic E-state index is 0.0148. The van der Waals surface area contributed by atoms with Gasteiger partial charge in [-0.2, -0.15) is 0 Å². The van der Waals surface area contributed by atoms with Crippen molar-refractivity contribution >= 4 is 21.9 Å². The molecule has 1 aromatic rings. The van der Waals surface area contributed by atoms with Crippen molar-refractivity contribution in [3.05, 3.63) is 28.2 Å². The molecule has 0 heterocycles. The number of halogens is 1. The zero-order valence-electron chi connectivity index (χ0n) is 11.6. The first-order valence-corrected chi connectivity index (χ1v) is 7.74. The first-order chi connectivity index (χ1) is 9.51. The van der Waals surface area contributed by atoms with E-state index in [1.807, 2.05) is 17.9 Å². The third kappa shape index (κ3) is 3.96. The van der Waals surface area contributed by atoms with E-state index in [9.17, 15) is 9.90 Å². The lowest BCUT2D eigenvalue weighted by Gasteiger charge is -2.30. The van der Waals surface area contributed by atoms with Gasteiger partial charge in [0, 0.05) is 22.6 Å². The molecular weight excluding hydrogens is 322 g/mol. The van der Waals surface area contributed by atoms with Crippen LogP contribution in [0.3, 0.4) is 0 Å². The fourth-order valence-corrected chi connectivity index (χ4v) is 2.95. The van der Waals surface area contributed by atoms with E-state index in [0.717, 1.165) is 23.0 Å². The van der Waals surface area contributed by atoms with Crippen LogP contribution in [-0.4, -0.2) is 34.2 Å². The monoisotopic (exact) mass is 341 g/mol. The quantitative estimate of drug-likeness (QED) is 0.797. The molecule has 4 nitrogen and oxygen atoms in total. The van der Waals surface area contributed by atoms with Crippen LogP contribution in [0.5, 0.6) is 5.75 Å². The van der Waals surface area contributed by atoms with Gasteiger partial charge in [0.05, 0.1) is 6.54 Å². The molecule has 5 heteroatoms. The van der Waals surface area contributed by atoms with Crippen molar-refractivity contribution in [3.63, 3.8) is 0 Å². The number of rotatable bonds is 7. The second-order valence-electron chi connectivity index (χ2n) is 5.39. The van der Waals surface area contributed by atoms with Crippen LogP contribution < -0.4 is 0 Å². The van der Waals surface area contributed by atoms with Gasteiger partial charge in [0.2, 0.25) is 0 Å². The Bertz CT molecular complexity index is 488. The molecule has 1 saturated carbocycles. The van der Waals surface area contributed by atoms with Gasteiger partial charge in [0.25, 0.3) is 0 Å². The smallest absolute Gasteiger partial charge is 0.317 e. The summed E-state index contributed by atoms with van der Waals surface area (Å²) in [5.74, 6) is 0.0162. The summed E-state index contributed by atoms with van der Waals surface area (Å²) in [5, 5.41) is 19.2. The molecule has 110 valence electrons. The van der Waals surface area contributed by atoms with Gasteiger partial charge in [-0.05, 0) is 43.4 Å². The van der Waals surface area contributed by atoms with E-state index in [2.05, 4.69) is 15.9 Å². The van der Waals surface area contributed by atoms with Crippen LogP contribution in [0.4, 0.5) is 0 Å². The van der Waals surface area contributed by atoms with Crippen molar-refractivity contribution in [2.75, 3.05) is 13.1 Å². The molecule has 0 aromatic heterocycles. The predicted molar refractivity (Wildman–Crippen MR) is 80.8 cm³/mol. The van der Waals surface area contributed by atoms with E-state index in [1.165, 1.54) is 12.8 Å². The Balaban J connectivity index is 2.25. The molecule has 0 radical (unpaired) electrons. The largest absolute Gasteiger partial charge is 0.508 e. The number of aliphatic carboxylic acids is 1. The fourth-order valence-electron chi connectivity index (χ4n) is 2.57. The summed E-state index contributed by atoms with van der Waals surface area (Å²) < 4.78 is 0.894. The number of aromatic hydroxyl groups is 1. The summed E-state index contributed by atoms with van der Waals surface area (Å²) >= 11 is 3.41. The molecule has 20 heavy (non-hydrogen) atoms. The number of nitrogens with zero attached hydrogens (tertiary/aromatic N) is 1. The molecule has 1 atom stereocenters. The zero-order valence-corrected chi connectivity index (χ0v) is 13.1. The van der Waals surface area contributed by atoms with Gasteiger partial charge >= 0.3 is 5.97 Å². The Morgan fingerprint density at radius 1 is 1.50 bits per heavy atom. The Kier molecular flexibility index (Phi) is 5.05. The van der Waals surface area contributed by atoms with E-state index < -0.39 is 5.97 Å². The second kappa shape index (κ2) is 6.59. The number of benzene rings is 1. The number of hydrogen-bond acceptors (Lipinski definition) is 3. The number of carbonyl (C=O) groups is 1. The van der Waals surface area contributed by atoms with Crippen molar-refractivity contribution < 1.29 is 15.0 Å². The molecule has 1 unspecified atom stereocenters. The zero-order chi connectivity index (χ0) is 14.7. The summed E-state index contributed by atoms with van der Waals surface area (Å²) in [5.41, 5.74) is 0.795. The molecule has 0 saturated heterocycles. The van der Waals surface area contributed by atoms with Crippen molar-refractivity contribution in [3.8, 4) is 5.75 Å². The molecule has 1 aliphatic carbocycles. The molecule has 0 bridgehead atoms. The van der Waals surface area contributed by atoms with E-state index in [0.29, 0.717) is 5.92 Å². The Hall–Kier alpha value is -1.07. The lowest BCUT2D eigenvalue weighted by atomic mass is 10.0. The average Bonchev–Trinajstić information content (AvgIpc) is 3.17. The molecule has 0 aliphatic heterocycles. The SMILES string of the molecule is CCC(c1cc(Br)ccc1O)N(CC(=O)O)CC1CC1. The third-order valence-electron chi connectivity index (χ3n) is 3.70. The molecule has 2 rings (SSSR count). The van der Waals surface area contributed by atoms with E-state index in [1.54, 1.807) is 12.1 Å². The summed E-state index contributed by atoms with van der Waals surface area (Å²) in [6, 6.07) is 5.25. The van der Waals surface area contributed by atoms with Gasteiger partial charge < -0.3 is 10.2 Å². The maximum atomic E-state index is 11.1. The van der Waals surface area contributed by atoms with Gasteiger partial charge in [0.15, 0.2) is 0 Å². The number of carboxylic acids is 1. The van der Waals surface area contributed by atoms with Crippen LogP contribution in [0.15, 0.2) is 22.7 Å². The standard InChI is InChI=1S/C15H20BrNO3/c1-2-13(12-7-11(16)5-6-14(12)18)17(9-15(19)20)8-10-3-4-10/h5-7,10,13,18H,2-4,8-9H2,1H3,(H,19,20). The van der Waals surface area contributed by atoms with Crippen LogP contribution >= 0.6 is 15.9 Å². The Morgan fingerprint density at radius 3 is 2.75 bits per heavy atom. The van der Waals surface area contributed by atoms with Crippen LogP contribution in [0, 0.1) is 5.92 Å². The Labute approximate surface area is 127 Å². The highest BCUT2D eigenvalue weighted by molar-refractivity contribution is 9.10. The minimum Gasteiger partial charge on any atom is -0.508 e. The van der Waals surface area contributed by atoms with Crippen molar-refractivity contribution in [1.29, 1.82) is 0 Å². The second-order valence-corrected chi connectivity index (χ2v) is 6.31. The van der Waals surface area contributed by atoms with Crippen molar-refractivity contribution in [1.82, 2.24) is 4.90 Å². The van der Waals surface area contributed by atoms with E-state index >= 15 is 0 Å². The van der Waals surface area contributed by atoms with E-state index in [-0.39, 0.29) is 18.3 Å². The lowest BCUT2D eigenvalue weighted by molar-refractivity contribution is -0.139. The topological polar surface area (TPSA) is 60.8 Å². The highest BCUT2D eigenvalue weighted by atomic mass is 79.9. The van der Waals surface area contributed by atoms with Gasteiger partial charge in [-0.3, -0.25) is 9.69 Å². The first kappa shape index (κ1) is 15.3. The summed E-state index contributed by atoms with van der Waals surface area (Å²) in [6.45, 7) is 2.82. The van der Waals surface area contributed by atoms with Crippen LogP contribution in [0.25, 0.3) is 0 Å². The molecule has 1 fully saturated rings. The fraction of sp³-hybridized carbons (Fsp3) is 0.533. The third-order valence-corrected chi connectivity index (χ3v) is 4.20. The molecule has 1 aliphatic rings. The Morgan fingerprint density at radius 2 is 2.20 bits per heavy atom. The van der Waals surface area contributed by atoms with Gasteiger partial charge in [-0.25, -0.2) is 0 Å². The lowest BCUT2D eigenvalue weighted by Crippen LogP contribution is -2.35. The van der Waals surface area contributed by atoms with Gasteiger partial charge in [-0.1, -0.05) is 22.9 Å². The highest BCUT2D eigenvalue weighted by Gasteiger charge is 2.30.